The second-order valence-corrected chi connectivity index (χ2v) is 14.4. The highest BCUT2D eigenvalue weighted by atomic mass is 16.3. The van der Waals surface area contributed by atoms with E-state index in [9.17, 15) is 0 Å². The number of fused-ring (bicyclic) bond motifs is 10. The highest BCUT2D eigenvalue weighted by Gasteiger charge is 2.22. The van der Waals surface area contributed by atoms with Gasteiger partial charge in [0.05, 0.1) is 27.5 Å². The molecular weight excluding hydrogens is 699 g/mol. The van der Waals surface area contributed by atoms with Gasteiger partial charge in [-0.15, -0.1) is 0 Å². The van der Waals surface area contributed by atoms with E-state index in [1.165, 1.54) is 21.5 Å². The molecule has 12 aromatic rings. The predicted molar refractivity (Wildman–Crippen MR) is 232 cm³/mol. The standard InChI is InChI=1S/C51H31N5O/c1-4-15-32(16-5-1)49-52-50(33-17-6-2-7-18-33)54-51(53-49)34-19-14-22-36(29-34)55-42-25-12-10-23-37(42)40-30-44-41(31-43(40)55)38-27-28-46-47(39-24-11-13-26-45(39)57-46)48(38)56(44)35-20-8-3-9-21-35/h1-31H. The lowest BCUT2D eigenvalue weighted by molar-refractivity contribution is 0.669. The maximum atomic E-state index is 6.43. The van der Waals surface area contributed by atoms with Gasteiger partial charge in [0, 0.05) is 55.0 Å². The lowest BCUT2D eigenvalue weighted by Crippen LogP contribution is -2.01. The summed E-state index contributed by atoms with van der Waals surface area (Å²) in [6.45, 7) is 0. The molecule has 6 heteroatoms. The van der Waals surface area contributed by atoms with Gasteiger partial charge in [-0.25, -0.2) is 15.0 Å². The maximum absolute atomic E-state index is 6.43. The van der Waals surface area contributed by atoms with Gasteiger partial charge in [0.2, 0.25) is 0 Å². The molecule has 0 amide bonds. The number of para-hydroxylation sites is 3. The van der Waals surface area contributed by atoms with E-state index in [0.717, 1.165) is 72.1 Å². The van der Waals surface area contributed by atoms with Crippen LogP contribution in [-0.4, -0.2) is 24.1 Å². The molecule has 0 radical (unpaired) electrons. The van der Waals surface area contributed by atoms with Crippen LogP contribution in [0.4, 0.5) is 0 Å². The highest BCUT2D eigenvalue weighted by Crippen LogP contribution is 2.44. The first-order valence-corrected chi connectivity index (χ1v) is 19.1. The first kappa shape index (κ1) is 31.5. The average Bonchev–Trinajstić information content (AvgIpc) is 3.93. The Morgan fingerprint density at radius 1 is 0.333 bits per heavy atom. The minimum absolute atomic E-state index is 0.620. The minimum atomic E-state index is 0.620. The summed E-state index contributed by atoms with van der Waals surface area (Å²) in [7, 11) is 0. The van der Waals surface area contributed by atoms with Crippen LogP contribution in [0.15, 0.2) is 192 Å². The molecule has 6 nitrogen and oxygen atoms in total. The van der Waals surface area contributed by atoms with Crippen molar-refractivity contribution in [2.45, 2.75) is 0 Å². The van der Waals surface area contributed by atoms with Gasteiger partial charge in [-0.2, -0.15) is 0 Å². The SMILES string of the molecule is c1ccc(-c2nc(-c3ccccc3)nc(-c3cccc(-n4c5ccccc5c5cc6c(cc54)c4ccc5oc7ccccc7c5c4n6-c4ccccc4)c3)n2)cc1. The van der Waals surface area contributed by atoms with Crippen molar-refractivity contribution < 1.29 is 4.42 Å². The number of nitrogens with zero attached hydrogens (tertiary/aromatic N) is 5. The van der Waals surface area contributed by atoms with E-state index < -0.39 is 0 Å². The lowest BCUT2D eigenvalue weighted by Gasteiger charge is -2.12. The van der Waals surface area contributed by atoms with Crippen molar-refractivity contribution in [3.05, 3.63) is 188 Å². The lowest BCUT2D eigenvalue weighted by atomic mass is 10.1. The maximum Gasteiger partial charge on any atom is 0.164 e. The van der Waals surface area contributed by atoms with Crippen molar-refractivity contribution in [3.8, 4) is 45.5 Å². The smallest absolute Gasteiger partial charge is 0.164 e. The Hall–Kier alpha value is -7.83. The van der Waals surface area contributed by atoms with Crippen molar-refractivity contribution in [1.29, 1.82) is 0 Å². The molecule has 0 bridgehead atoms. The quantitative estimate of drug-likeness (QED) is 0.177. The predicted octanol–water partition coefficient (Wildman–Crippen LogP) is 13.0. The Balaban J connectivity index is 1.13. The van der Waals surface area contributed by atoms with Gasteiger partial charge in [-0.3, -0.25) is 0 Å². The Bertz CT molecular complexity index is 3450. The number of benzene rings is 8. The molecule has 0 spiro atoms. The summed E-state index contributed by atoms with van der Waals surface area (Å²) in [6.07, 6.45) is 0. The normalized spacial score (nSPS) is 11.9. The van der Waals surface area contributed by atoms with Crippen LogP contribution >= 0.6 is 0 Å². The van der Waals surface area contributed by atoms with Gasteiger partial charge in [-0.05, 0) is 60.7 Å². The average molecular weight is 730 g/mol. The molecule has 0 saturated heterocycles. The molecule has 57 heavy (non-hydrogen) atoms. The summed E-state index contributed by atoms with van der Waals surface area (Å²) in [4.78, 5) is 15.0. The molecule has 0 atom stereocenters. The molecule has 4 aromatic heterocycles. The van der Waals surface area contributed by atoms with Crippen molar-refractivity contribution >= 4 is 65.6 Å². The molecule has 0 aliphatic carbocycles. The molecular formula is C51H31N5O. The van der Waals surface area contributed by atoms with E-state index >= 15 is 0 Å². The third-order valence-electron chi connectivity index (χ3n) is 11.1. The van der Waals surface area contributed by atoms with Gasteiger partial charge in [0.1, 0.15) is 11.2 Å². The summed E-state index contributed by atoms with van der Waals surface area (Å²) >= 11 is 0. The van der Waals surface area contributed by atoms with E-state index in [-0.39, 0.29) is 0 Å². The molecule has 0 N–H and O–H groups in total. The van der Waals surface area contributed by atoms with Crippen molar-refractivity contribution in [3.63, 3.8) is 0 Å². The molecule has 266 valence electrons. The molecule has 12 rings (SSSR count). The molecule has 8 aromatic carbocycles. The third-order valence-corrected chi connectivity index (χ3v) is 11.1. The summed E-state index contributed by atoms with van der Waals surface area (Å²) in [5.41, 5.74) is 11.2. The topological polar surface area (TPSA) is 61.7 Å². The van der Waals surface area contributed by atoms with Crippen LogP contribution in [0.5, 0.6) is 0 Å². The van der Waals surface area contributed by atoms with Crippen LogP contribution in [0.1, 0.15) is 0 Å². The zero-order valence-corrected chi connectivity index (χ0v) is 30.5. The first-order valence-electron chi connectivity index (χ1n) is 19.1. The van der Waals surface area contributed by atoms with E-state index in [0.29, 0.717) is 17.5 Å². The first-order chi connectivity index (χ1) is 28.3. The fourth-order valence-electron chi connectivity index (χ4n) is 8.62. The van der Waals surface area contributed by atoms with Gasteiger partial charge in [0.25, 0.3) is 0 Å². The number of aromatic nitrogens is 5. The van der Waals surface area contributed by atoms with Crippen LogP contribution in [0, 0.1) is 0 Å². The Morgan fingerprint density at radius 2 is 0.877 bits per heavy atom. The van der Waals surface area contributed by atoms with E-state index in [1.807, 2.05) is 66.7 Å². The number of rotatable bonds is 5. The molecule has 0 aliphatic heterocycles. The minimum Gasteiger partial charge on any atom is -0.456 e. The highest BCUT2D eigenvalue weighted by molar-refractivity contribution is 6.26. The monoisotopic (exact) mass is 729 g/mol. The van der Waals surface area contributed by atoms with Gasteiger partial charge in [-0.1, -0.05) is 127 Å². The van der Waals surface area contributed by atoms with Crippen LogP contribution in [0.3, 0.4) is 0 Å². The fourth-order valence-corrected chi connectivity index (χ4v) is 8.62. The molecule has 0 fully saturated rings. The molecule has 4 heterocycles. The second-order valence-electron chi connectivity index (χ2n) is 14.4. The van der Waals surface area contributed by atoms with Crippen molar-refractivity contribution in [2.24, 2.45) is 0 Å². The summed E-state index contributed by atoms with van der Waals surface area (Å²) in [5, 5.41) is 6.93. The summed E-state index contributed by atoms with van der Waals surface area (Å²) in [6, 6.07) is 65.5. The zero-order chi connectivity index (χ0) is 37.5. The number of furan rings is 1. The van der Waals surface area contributed by atoms with Gasteiger partial charge < -0.3 is 13.6 Å². The Morgan fingerprint density at radius 3 is 1.60 bits per heavy atom. The molecule has 0 aliphatic rings. The summed E-state index contributed by atoms with van der Waals surface area (Å²) < 4.78 is 11.2. The van der Waals surface area contributed by atoms with Crippen LogP contribution < -0.4 is 0 Å². The second kappa shape index (κ2) is 12.3. The van der Waals surface area contributed by atoms with Crippen molar-refractivity contribution in [2.75, 3.05) is 0 Å². The number of hydrogen-bond acceptors (Lipinski definition) is 4. The van der Waals surface area contributed by atoms with E-state index in [4.69, 9.17) is 19.4 Å². The summed E-state index contributed by atoms with van der Waals surface area (Å²) in [5.74, 6) is 1.90. The number of hydrogen-bond donors (Lipinski definition) is 0. The largest absolute Gasteiger partial charge is 0.456 e. The Kier molecular flexibility index (Phi) is 6.83. The Labute approximate surface area is 326 Å². The van der Waals surface area contributed by atoms with E-state index in [2.05, 4.69) is 130 Å². The molecule has 0 unspecified atom stereocenters. The van der Waals surface area contributed by atoms with Crippen molar-refractivity contribution in [1.82, 2.24) is 24.1 Å². The van der Waals surface area contributed by atoms with Crippen LogP contribution in [0.2, 0.25) is 0 Å². The fraction of sp³-hybridized carbons (Fsp3) is 0. The van der Waals surface area contributed by atoms with Gasteiger partial charge >= 0.3 is 0 Å². The zero-order valence-electron chi connectivity index (χ0n) is 30.5. The van der Waals surface area contributed by atoms with E-state index in [1.54, 1.807) is 0 Å². The molecule has 0 saturated carbocycles. The van der Waals surface area contributed by atoms with Crippen LogP contribution in [0.25, 0.3) is 111 Å². The van der Waals surface area contributed by atoms with Crippen LogP contribution in [-0.2, 0) is 0 Å². The van der Waals surface area contributed by atoms with Gasteiger partial charge in [0.15, 0.2) is 17.5 Å². The third kappa shape index (κ3) is 4.87.